The minimum atomic E-state index is -3.13. The number of fused-ring (bicyclic) bond motifs is 1. The van der Waals surface area contributed by atoms with Gasteiger partial charge in [-0.25, -0.2) is 8.42 Å². The van der Waals surface area contributed by atoms with Gasteiger partial charge in [-0.15, -0.1) is 0 Å². The quantitative estimate of drug-likeness (QED) is 0.475. The number of carbonyl (C=O) groups excluding carboxylic acids is 4. The topological polar surface area (TPSA) is 118 Å². The third kappa shape index (κ3) is 4.06. The number of hydrogen-bond donors (Lipinski definition) is 0. The molecular weight excluding hydrogens is 388 g/mol. The van der Waals surface area contributed by atoms with Crippen molar-refractivity contribution in [3.05, 3.63) is 35.4 Å². The Hall–Kier alpha value is -2.75. The van der Waals surface area contributed by atoms with E-state index in [1.54, 1.807) is 24.3 Å². The highest BCUT2D eigenvalue weighted by molar-refractivity contribution is 7.91. The van der Waals surface area contributed by atoms with Gasteiger partial charge in [0, 0.05) is 19.6 Å². The first kappa shape index (κ1) is 20.0. The molecule has 0 N–H and O–H groups in total. The molecule has 1 fully saturated rings. The van der Waals surface area contributed by atoms with Crippen molar-refractivity contribution in [2.24, 2.45) is 0 Å². The maximum atomic E-state index is 12.2. The van der Waals surface area contributed by atoms with Crippen LogP contribution in [0.25, 0.3) is 0 Å². The maximum absolute atomic E-state index is 12.2. The molecule has 2 aliphatic heterocycles. The summed E-state index contributed by atoms with van der Waals surface area (Å²) in [5.74, 6) is -2.22. The number of sulfone groups is 1. The van der Waals surface area contributed by atoms with Gasteiger partial charge < -0.3 is 9.64 Å². The van der Waals surface area contributed by atoms with E-state index in [9.17, 15) is 27.6 Å². The number of imide groups is 1. The number of likely N-dealkylation sites (N-methyl/N-ethyl adjacent to an activating group) is 1. The van der Waals surface area contributed by atoms with E-state index in [4.69, 9.17) is 4.74 Å². The number of esters is 1. The number of benzene rings is 1. The van der Waals surface area contributed by atoms with E-state index in [-0.39, 0.29) is 24.5 Å². The first-order valence-corrected chi connectivity index (χ1v) is 10.6. The van der Waals surface area contributed by atoms with E-state index in [2.05, 4.69) is 0 Å². The molecule has 3 amide bonds. The molecule has 10 heteroatoms. The molecule has 0 radical (unpaired) electrons. The Labute approximate surface area is 162 Å². The van der Waals surface area contributed by atoms with Gasteiger partial charge in [-0.3, -0.25) is 24.1 Å². The fraction of sp³-hybridized carbons (Fsp3) is 0.444. The SMILES string of the molecule is CN(C(=O)COC(=O)CCN1C(=O)c2ccccc2C1=O)C1CCS(=O)(=O)C1. The van der Waals surface area contributed by atoms with Crippen LogP contribution in [-0.4, -0.2) is 79.7 Å². The average Bonchev–Trinajstić information content (AvgIpc) is 3.15. The van der Waals surface area contributed by atoms with Crippen LogP contribution in [0, 0.1) is 0 Å². The molecule has 0 bridgehead atoms. The van der Waals surface area contributed by atoms with Gasteiger partial charge in [0.25, 0.3) is 17.7 Å². The highest BCUT2D eigenvalue weighted by Crippen LogP contribution is 2.22. The van der Waals surface area contributed by atoms with Gasteiger partial charge in [0.05, 0.1) is 29.1 Å². The molecule has 0 aromatic heterocycles. The summed E-state index contributed by atoms with van der Waals surface area (Å²) in [7, 11) is -1.65. The Kier molecular flexibility index (Phi) is 5.50. The second-order valence-electron chi connectivity index (χ2n) is 6.78. The summed E-state index contributed by atoms with van der Waals surface area (Å²) < 4.78 is 27.9. The van der Waals surface area contributed by atoms with Crippen LogP contribution in [0.5, 0.6) is 0 Å². The average molecular weight is 408 g/mol. The number of carbonyl (C=O) groups is 4. The molecule has 0 aliphatic carbocycles. The molecular formula is C18H20N2O7S. The molecule has 0 saturated carbocycles. The molecule has 1 atom stereocenters. The molecule has 0 spiro atoms. The molecule has 2 heterocycles. The van der Waals surface area contributed by atoms with Gasteiger partial charge in [-0.1, -0.05) is 12.1 Å². The minimum absolute atomic E-state index is 0.0371. The summed E-state index contributed by atoms with van der Waals surface area (Å²) in [6.45, 7) is -0.663. The Morgan fingerprint density at radius 3 is 2.32 bits per heavy atom. The monoisotopic (exact) mass is 408 g/mol. The molecule has 1 saturated heterocycles. The van der Waals surface area contributed by atoms with Crippen molar-refractivity contribution in [1.82, 2.24) is 9.80 Å². The second-order valence-corrected chi connectivity index (χ2v) is 9.01. The van der Waals surface area contributed by atoms with Gasteiger partial charge in [-0.05, 0) is 18.6 Å². The number of ether oxygens (including phenoxy) is 1. The standard InChI is InChI=1S/C18H20N2O7S/c1-19(12-7-9-28(25,26)11-12)15(21)10-27-16(22)6-8-20-17(23)13-4-2-3-5-14(13)18(20)24/h2-5,12H,6-11H2,1H3. The van der Waals surface area contributed by atoms with Crippen LogP contribution in [0.3, 0.4) is 0 Å². The minimum Gasteiger partial charge on any atom is -0.456 e. The van der Waals surface area contributed by atoms with Crippen LogP contribution in [0.1, 0.15) is 33.6 Å². The smallest absolute Gasteiger partial charge is 0.308 e. The van der Waals surface area contributed by atoms with Crippen LogP contribution < -0.4 is 0 Å². The Balaban J connectivity index is 1.46. The Morgan fingerprint density at radius 2 is 1.79 bits per heavy atom. The Morgan fingerprint density at radius 1 is 1.18 bits per heavy atom. The van der Waals surface area contributed by atoms with Crippen molar-refractivity contribution in [2.75, 3.05) is 31.7 Å². The van der Waals surface area contributed by atoms with E-state index >= 15 is 0 Å². The predicted molar refractivity (Wildman–Crippen MR) is 97.2 cm³/mol. The van der Waals surface area contributed by atoms with Crippen molar-refractivity contribution in [3.8, 4) is 0 Å². The highest BCUT2D eigenvalue weighted by Gasteiger charge is 2.35. The van der Waals surface area contributed by atoms with Gasteiger partial charge in [0.15, 0.2) is 16.4 Å². The zero-order valence-electron chi connectivity index (χ0n) is 15.3. The van der Waals surface area contributed by atoms with Crippen molar-refractivity contribution in [3.63, 3.8) is 0 Å². The maximum Gasteiger partial charge on any atom is 0.308 e. The van der Waals surface area contributed by atoms with Crippen LogP contribution >= 0.6 is 0 Å². The van der Waals surface area contributed by atoms with E-state index in [1.165, 1.54) is 11.9 Å². The summed E-state index contributed by atoms with van der Waals surface area (Å²) in [6.07, 6.45) is 0.124. The number of amides is 3. The molecule has 9 nitrogen and oxygen atoms in total. The van der Waals surface area contributed by atoms with Gasteiger partial charge in [0.1, 0.15) is 0 Å². The second kappa shape index (κ2) is 7.70. The lowest BCUT2D eigenvalue weighted by Gasteiger charge is -2.23. The van der Waals surface area contributed by atoms with Crippen LogP contribution in [-0.2, 0) is 24.2 Å². The lowest BCUT2D eigenvalue weighted by Crippen LogP contribution is -2.40. The van der Waals surface area contributed by atoms with E-state index < -0.39 is 46.2 Å². The molecule has 28 heavy (non-hydrogen) atoms. The predicted octanol–water partition coefficient (Wildman–Crippen LogP) is -0.139. The first-order valence-electron chi connectivity index (χ1n) is 8.76. The largest absolute Gasteiger partial charge is 0.456 e. The summed E-state index contributed by atoms with van der Waals surface area (Å²) >= 11 is 0. The number of hydrogen-bond acceptors (Lipinski definition) is 7. The Bertz CT molecular complexity index is 906. The summed E-state index contributed by atoms with van der Waals surface area (Å²) in [4.78, 5) is 50.7. The van der Waals surface area contributed by atoms with E-state index in [1.807, 2.05) is 0 Å². The van der Waals surface area contributed by atoms with Crippen molar-refractivity contribution >= 4 is 33.5 Å². The fourth-order valence-electron chi connectivity index (χ4n) is 3.25. The third-order valence-corrected chi connectivity index (χ3v) is 6.67. The van der Waals surface area contributed by atoms with Crippen LogP contribution in [0.15, 0.2) is 24.3 Å². The first-order chi connectivity index (χ1) is 13.2. The molecule has 150 valence electrons. The zero-order valence-corrected chi connectivity index (χ0v) is 16.1. The third-order valence-electron chi connectivity index (χ3n) is 4.92. The number of nitrogens with zero attached hydrogens (tertiary/aromatic N) is 2. The van der Waals surface area contributed by atoms with Gasteiger partial charge >= 0.3 is 5.97 Å². The van der Waals surface area contributed by atoms with Crippen molar-refractivity contribution in [2.45, 2.75) is 18.9 Å². The fourth-order valence-corrected chi connectivity index (χ4v) is 5.02. The summed E-state index contributed by atoms with van der Waals surface area (Å²) in [5, 5.41) is 0. The molecule has 2 aliphatic rings. The normalized spacial score (nSPS) is 20.2. The van der Waals surface area contributed by atoms with Crippen LogP contribution in [0.4, 0.5) is 0 Å². The molecule has 3 rings (SSSR count). The summed E-state index contributed by atoms with van der Waals surface area (Å²) in [6, 6.07) is 5.98. The molecule has 1 unspecified atom stereocenters. The van der Waals surface area contributed by atoms with Crippen molar-refractivity contribution in [1.29, 1.82) is 0 Å². The van der Waals surface area contributed by atoms with Crippen molar-refractivity contribution < 1.29 is 32.3 Å². The zero-order chi connectivity index (χ0) is 20.5. The highest BCUT2D eigenvalue weighted by atomic mass is 32.2. The van der Waals surface area contributed by atoms with Gasteiger partial charge in [0.2, 0.25) is 0 Å². The summed E-state index contributed by atoms with van der Waals surface area (Å²) in [5.41, 5.74) is 0.591. The molecule has 1 aromatic carbocycles. The lowest BCUT2D eigenvalue weighted by atomic mass is 10.1. The van der Waals surface area contributed by atoms with Gasteiger partial charge in [-0.2, -0.15) is 0 Å². The lowest BCUT2D eigenvalue weighted by molar-refractivity contribution is -0.152. The van der Waals surface area contributed by atoms with E-state index in [0.29, 0.717) is 17.5 Å². The number of rotatable bonds is 6. The van der Waals surface area contributed by atoms with E-state index in [0.717, 1.165) is 4.90 Å². The molecule has 1 aromatic rings. The van der Waals surface area contributed by atoms with Crippen LogP contribution in [0.2, 0.25) is 0 Å².